The molecule has 0 amide bonds. The number of thioether (sulfide) groups is 1. The highest BCUT2D eigenvalue weighted by Crippen LogP contribution is 2.26. The zero-order chi connectivity index (χ0) is 15.5. The molecule has 7 heteroatoms. The molecule has 0 N–H and O–H groups in total. The van der Waals surface area contributed by atoms with Crippen molar-refractivity contribution in [3.8, 4) is 11.4 Å². The molecule has 3 aromatic rings. The minimum absolute atomic E-state index is 0.224. The summed E-state index contributed by atoms with van der Waals surface area (Å²) in [4.78, 5) is 3.99. The predicted molar refractivity (Wildman–Crippen MR) is 87.9 cm³/mol. The van der Waals surface area contributed by atoms with E-state index in [0.29, 0.717) is 11.3 Å². The average molecular weight is 379 g/mol. The lowest BCUT2D eigenvalue weighted by Gasteiger charge is -2.05. The van der Waals surface area contributed by atoms with Crippen LogP contribution in [0.2, 0.25) is 0 Å². The van der Waals surface area contributed by atoms with E-state index in [0.717, 1.165) is 21.0 Å². The summed E-state index contributed by atoms with van der Waals surface area (Å²) in [6.45, 7) is 0. The molecule has 0 fully saturated rings. The first-order chi connectivity index (χ1) is 10.6. The topological polar surface area (TPSA) is 43.6 Å². The maximum Gasteiger partial charge on any atom is 0.191 e. The molecule has 2 heterocycles. The van der Waals surface area contributed by atoms with Gasteiger partial charge in [-0.2, -0.15) is 0 Å². The van der Waals surface area contributed by atoms with Gasteiger partial charge in [-0.05, 0) is 29.8 Å². The minimum atomic E-state index is -0.224. The van der Waals surface area contributed by atoms with Gasteiger partial charge >= 0.3 is 0 Å². The van der Waals surface area contributed by atoms with Crippen LogP contribution in [0.3, 0.4) is 0 Å². The highest BCUT2D eigenvalue weighted by Gasteiger charge is 2.12. The van der Waals surface area contributed by atoms with Crippen molar-refractivity contribution in [1.29, 1.82) is 0 Å². The molecule has 2 aromatic heterocycles. The summed E-state index contributed by atoms with van der Waals surface area (Å²) in [5, 5.41) is 9.12. The van der Waals surface area contributed by atoms with Gasteiger partial charge in [-0.25, -0.2) is 4.39 Å². The van der Waals surface area contributed by atoms with Gasteiger partial charge in [-0.3, -0.25) is 4.98 Å². The number of benzene rings is 1. The molecule has 0 atom stereocenters. The first-order valence-electron chi connectivity index (χ1n) is 6.51. The first kappa shape index (κ1) is 15.2. The van der Waals surface area contributed by atoms with Crippen molar-refractivity contribution in [3.05, 3.63) is 58.6 Å². The third kappa shape index (κ3) is 3.20. The van der Waals surface area contributed by atoms with E-state index >= 15 is 0 Å². The minimum Gasteiger partial charge on any atom is -0.305 e. The Morgan fingerprint density at radius 3 is 2.68 bits per heavy atom. The van der Waals surface area contributed by atoms with Crippen LogP contribution in [0.15, 0.2) is 52.4 Å². The predicted octanol–water partition coefficient (Wildman–Crippen LogP) is 4.07. The number of hydrogen-bond acceptors (Lipinski definition) is 4. The molecule has 3 rings (SSSR count). The van der Waals surface area contributed by atoms with Crippen molar-refractivity contribution >= 4 is 27.7 Å². The molecule has 0 radical (unpaired) electrons. The van der Waals surface area contributed by atoms with Crippen LogP contribution in [0.4, 0.5) is 4.39 Å². The molecule has 0 bridgehead atoms. The quantitative estimate of drug-likeness (QED) is 0.641. The van der Waals surface area contributed by atoms with Gasteiger partial charge in [-0.1, -0.05) is 33.8 Å². The van der Waals surface area contributed by atoms with Crippen molar-refractivity contribution in [2.75, 3.05) is 0 Å². The second-order valence-corrected chi connectivity index (χ2v) is 6.48. The highest BCUT2D eigenvalue weighted by atomic mass is 79.9. The molecule has 0 aliphatic heterocycles. The molecule has 0 saturated heterocycles. The summed E-state index contributed by atoms with van der Waals surface area (Å²) in [5.74, 6) is 1.04. The van der Waals surface area contributed by atoms with Crippen molar-refractivity contribution in [2.24, 2.45) is 7.05 Å². The lowest BCUT2D eigenvalue weighted by atomic mass is 10.2. The average Bonchev–Trinajstić information content (AvgIpc) is 2.88. The van der Waals surface area contributed by atoms with Gasteiger partial charge in [0.2, 0.25) is 0 Å². The molecule has 0 saturated carbocycles. The number of pyridine rings is 1. The van der Waals surface area contributed by atoms with E-state index in [4.69, 9.17) is 0 Å². The first-order valence-corrected chi connectivity index (χ1v) is 8.29. The molecule has 4 nitrogen and oxygen atoms in total. The van der Waals surface area contributed by atoms with Crippen LogP contribution in [-0.4, -0.2) is 19.7 Å². The third-order valence-corrected chi connectivity index (χ3v) is 4.71. The maximum atomic E-state index is 13.8. The van der Waals surface area contributed by atoms with Crippen LogP contribution >= 0.6 is 27.7 Å². The largest absolute Gasteiger partial charge is 0.305 e. The maximum absolute atomic E-state index is 13.8. The lowest BCUT2D eigenvalue weighted by molar-refractivity contribution is 0.616. The molecule has 0 aliphatic rings. The normalized spacial score (nSPS) is 10.9. The van der Waals surface area contributed by atoms with Gasteiger partial charge in [0.15, 0.2) is 11.0 Å². The Kier molecular flexibility index (Phi) is 4.54. The van der Waals surface area contributed by atoms with Crippen LogP contribution in [-0.2, 0) is 12.8 Å². The third-order valence-electron chi connectivity index (χ3n) is 3.15. The summed E-state index contributed by atoms with van der Waals surface area (Å²) in [5.41, 5.74) is 1.59. The Hall–Kier alpha value is -1.73. The van der Waals surface area contributed by atoms with Crippen LogP contribution in [0.25, 0.3) is 11.4 Å². The number of rotatable bonds is 4. The Bertz CT molecular complexity index is 791. The van der Waals surface area contributed by atoms with Crippen molar-refractivity contribution in [1.82, 2.24) is 19.7 Å². The molecule has 112 valence electrons. The fourth-order valence-electron chi connectivity index (χ4n) is 1.97. The molecule has 0 aliphatic carbocycles. The van der Waals surface area contributed by atoms with Gasteiger partial charge in [-0.15, -0.1) is 10.2 Å². The summed E-state index contributed by atoms with van der Waals surface area (Å²) in [7, 11) is 1.90. The van der Waals surface area contributed by atoms with E-state index in [-0.39, 0.29) is 5.82 Å². The summed E-state index contributed by atoms with van der Waals surface area (Å²) >= 11 is 4.71. The van der Waals surface area contributed by atoms with E-state index in [2.05, 4.69) is 31.1 Å². The van der Waals surface area contributed by atoms with Crippen LogP contribution < -0.4 is 0 Å². The van der Waals surface area contributed by atoms with Crippen LogP contribution in [0.1, 0.15) is 5.56 Å². The second-order valence-electron chi connectivity index (χ2n) is 4.63. The Morgan fingerprint density at radius 2 is 1.95 bits per heavy atom. The fraction of sp³-hybridized carbons (Fsp3) is 0.133. The SMILES string of the molecule is Cn1c(SCc2ccc(Br)cc2F)nnc1-c1ccncc1. The van der Waals surface area contributed by atoms with Gasteiger partial charge in [0.05, 0.1) is 0 Å². The molecular weight excluding hydrogens is 367 g/mol. The van der Waals surface area contributed by atoms with Gasteiger partial charge in [0.25, 0.3) is 0 Å². The van der Waals surface area contributed by atoms with Crippen molar-refractivity contribution in [2.45, 2.75) is 10.9 Å². The molecule has 1 aromatic carbocycles. The fourth-order valence-corrected chi connectivity index (χ4v) is 3.20. The highest BCUT2D eigenvalue weighted by molar-refractivity contribution is 9.10. The smallest absolute Gasteiger partial charge is 0.191 e. The second kappa shape index (κ2) is 6.58. The van der Waals surface area contributed by atoms with E-state index in [9.17, 15) is 4.39 Å². The lowest BCUT2D eigenvalue weighted by Crippen LogP contribution is -1.95. The van der Waals surface area contributed by atoms with Gasteiger partial charge in [0.1, 0.15) is 5.82 Å². The van der Waals surface area contributed by atoms with E-state index < -0.39 is 0 Å². The standard InChI is InChI=1S/C15H12BrFN4S/c1-21-14(10-4-6-18-7-5-10)19-20-15(21)22-9-11-2-3-12(16)8-13(11)17/h2-8H,9H2,1H3. The summed E-state index contributed by atoms with van der Waals surface area (Å²) in [6.07, 6.45) is 3.43. The van der Waals surface area contributed by atoms with E-state index in [1.807, 2.05) is 29.8 Å². The molecule has 22 heavy (non-hydrogen) atoms. The van der Waals surface area contributed by atoms with Gasteiger partial charge in [0, 0.05) is 35.2 Å². The Morgan fingerprint density at radius 1 is 1.18 bits per heavy atom. The van der Waals surface area contributed by atoms with Crippen LogP contribution in [0, 0.1) is 5.82 Å². The van der Waals surface area contributed by atoms with Crippen molar-refractivity contribution < 1.29 is 4.39 Å². The number of nitrogens with zero attached hydrogens (tertiary/aromatic N) is 4. The van der Waals surface area contributed by atoms with E-state index in [1.54, 1.807) is 18.5 Å². The Labute approximate surface area is 139 Å². The van der Waals surface area contributed by atoms with Crippen LogP contribution in [0.5, 0.6) is 0 Å². The molecule has 0 spiro atoms. The zero-order valence-electron chi connectivity index (χ0n) is 11.7. The zero-order valence-corrected chi connectivity index (χ0v) is 14.1. The Balaban J connectivity index is 1.78. The number of aromatic nitrogens is 4. The summed E-state index contributed by atoms with van der Waals surface area (Å²) < 4.78 is 16.5. The molecule has 0 unspecified atom stereocenters. The summed E-state index contributed by atoms with van der Waals surface area (Å²) in [6, 6.07) is 8.83. The molecular formula is C15H12BrFN4S. The number of hydrogen-bond donors (Lipinski definition) is 0. The number of halogens is 2. The van der Waals surface area contributed by atoms with E-state index in [1.165, 1.54) is 17.8 Å². The van der Waals surface area contributed by atoms with Crippen molar-refractivity contribution in [3.63, 3.8) is 0 Å². The monoisotopic (exact) mass is 378 g/mol. The van der Waals surface area contributed by atoms with Gasteiger partial charge < -0.3 is 4.57 Å².